The lowest BCUT2D eigenvalue weighted by Crippen LogP contribution is -2.22. The molecule has 0 aliphatic rings. The summed E-state index contributed by atoms with van der Waals surface area (Å²) in [5.41, 5.74) is 0. The van der Waals surface area contributed by atoms with Crippen molar-refractivity contribution in [2.24, 2.45) is 0 Å². The molecule has 0 saturated carbocycles. The summed E-state index contributed by atoms with van der Waals surface area (Å²) in [7, 11) is -1.98. The van der Waals surface area contributed by atoms with Gasteiger partial charge in [0, 0.05) is 6.04 Å². The van der Waals surface area contributed by atoms with Gasteiger partial charge in [-0.25, -0.2) is 17.2 Å². The Labute approximate surface area is 106 Å². The molecule has 1 unspecified atom stereocenters. The Balaban J connectivity index is 2.77. The first-order valence-electron chi connectivity index (χ1n) is 5.72. The zero-order chi connectivity index (χ0) is 13.8. The van der Waals surface area contributed by atoms with Gasteiger partial charge in [-0.3, -0.25) is 0 Å². The fourth-order valence-corrected chi connectivity index (χ4v) is 2.97. The van der Waals surface area contributed by atoms with Crippen molar-refractivity contribution < 1.29 is 17.2 Å². The number of benzene rings is 1. The van der Waals surface area contributed by atoms with E-state index in [4.69, 9.17) is 0 Å². The number of hydrogen-bond acceptors (Lipinski definition) is 3. The van der Waals surface area contributed by atoms with Crippen molar-refractivity contribution >= 4 is 9.84 Å². The standard InChI is InChI=1S/C12H17F2NO2S/c1-9(15-2)4-3-7-18(16,17)12-8-10(13)5-6-11(12)14/h5-6,8-9,15H,3-4,7H2,1-2H3. The molecule has 0 aliphatic heterocycles. The molecule has 1 rings (SSSR count). The lowest BCUT2D eigenvalue weighted by atomic mass is 10.2. The number of sulfone groups is 1. The van der Waals surface area contributed by atoms with Gasteiger partial charge < -0.3 is 5.32 Å². The minimum Gasteiger partial charge on any atom is -0.317 e. The van der Waals surface area contributed by atoms with Crippen LogP contribution in [0.5, 0.6) is 0 Å². The number of hydrogen-bond donors (Lipinski definition) is 1. The Kier molecular flexibility index (Phi) is 5.22. The molecule has 0 bridgehead atoms. The van der Waals surface area contributed by atoms with Crippen molar-refractivity contribution in [3.8, 4) is 0 Å². The largest absolute Gasteiger partial charge is 0.317 e. The molecule has 6 heteroatoms. The first-order chi connectivity index (χ1) is 8.36. The highest BCUT2D eigenvalue weighted by molar-refractivity contribution is 7.91. The van der Waals surface area contributed by atoms with Gasteiger partial charge in [0.05, 0.1) is 5.75 Å². The number of rotatable bonds is 6. The maximum absolute atomic E-state index is 13.4. The molecule has 0 radical (unpaired) electrons. The van der Waals surface area contributed by atoms with Crippen LogP contribution in [-0.4, -0.2) is 27.3 Å². The van der Waals surface area contributed by atoms with Gasteiger partial charge >= 0.3 is 0 Å². The first-order valence-corrected chi connectivity index (χ1v) is 7.37. The van der Waals surface area contributed by atoms with Gasteiger partial charge in [-0.1, -0.05) is 0 Å². The van der Waals surface area contributed by atoms with Gasteiger partial charge in [-0.2, -0.15) is 0 Å². The van der Waals surface area contributed by atoms with E-state index in [9.17, 15) is 17.2 Å². The normalized spacial score (nSPS) is 13.6. The summed E-state index contributed by atoms with van der Waals surface area (Å²) in [5.74, 6) is -1.84. The van der Waals surface area contributed by atoms with E-state index >= 15 is 0 Å². The van der Waals surface area contributed by atoms with Crippen molar-refractivity contribution in [2.45, 2.75) is 30.7 Å². The highest BCUT2D eigenvalue weighted by Gasteiger charge is 2.19. The molecule has 0 saturated heterocycles. The van der Waals surface area contributed by atoms with Gasteiger partial charge in [0.25, 0.3) is 0 Å². The predicted molar refractivity (Wildman–Crippen MR) is 66.2 cm³/mol. The SMILES string of the molecule is CNC(C)CCCS(=O)(=O)c1cc(F)ccc1F. The Morgan fingerprint density at radius 2 is 2.00 bits per heavy atom. The van der Waals surface area contributed by atoms with Gasteiger partial charge in [0.15, 0.2) is 9.84 Å². The van der Waals surface area contributed by atoms with E-state index in [0.717, 1.165) is 18.2 Å². The average molecular weight is 277 g/mol. The lowest BCUT2D eigenvalue weighted by molar-refractivity contribution is 0.538. The molecule has 0 aliphatic carbocycles. The fraction of sp³-hybridized carbons (Fsp3) is 0.500. The Morgan fingerprint density at radius 1 is 1.33 bits per heavy atom. The maximum Gasteiger partial charge on any atom is 0.181 e. The second-order valence-electron chi connectivity index (χ2n) is 4.23. The summed E-state index contributed by atoms with van der Waals surface area (Å²) < 4.78 is 50.0. The topological polar surface area (TPSA) is 46.2 Å². The molecule has 0 aromatic heterocycles. The highest BCUT2D eigenvalue weighted by atomic mass is 32.2. The third-order valence-corrected chi connectivity index (χ3v) is 4.58. The van der Waals surface area contributed by atoms with Crippen LogP contribution in [0.3, 0.4) is 0 Å². The van der Waals surface area contributed by atoms with Crippen LogP contribution in [0.1, 0.15) is 19.8 Å². The average Bonchev–Trinajstić information content (AvgIpc) is 2.31. The van der Waals surface area contributed by atoms with E-state index < -0.39 is 26.4 Å². The van der Waals surface area contributed by atoms with Crippen LogP contribution in [-0.2, 0) is 9.84 Å². The van der Waals surface area contributed by atoms with E-state index in [-0.39, 0.29) is 11.8 Å². The molecule has 3 nitrogen and oxygen atoms in total. The molecule has 1 aromatic carbocycles. The predicted octanol–water partition coefficient (Wildman–Crippen LogP) is 2.13. The summed E-state index contributed by atoms with van der Waals surface area (Å²) in [4.78, 5) is -0.556. The number of nitrogens with one attached hydrogen (secondary N) is 1. The second kappa shape index (κ2) is 6.24. The highest BCUT2D eigenvalue weighted by Crippen LogP contribution is 2.18. The summed E-state index contributed by atoms with van der Waals surface area (Å²) >= 11 is 0. The minimum atomic E-state index is -3.76. The van der Waals surface area contributed by atoms with Crippen LogP contribution in [0, 0.1) is 11.6 Å². The molecule has 18 heavy (non-hydrogen) atoms. The molecular weight excluding hydrogens is 260 g/mol. The van der Waals surface area contributed by atoms with E-state index in [1.165, 1.54) is 0 Å². The van der Waals surface area contributed by atoms with Gasteiger partial charge in [-0.15, -0.1) is 0 Å². The second-order valence-corrected chi connectivity index (χ2v) is 6.30. The number of halogens is 2. The summed E-state index contributed by atoms with van der Waals surface area (Å²) in [6.45, 7) is 1.93. The zero-order valence-corrected chi connectivity index (χ0v) is 11.2. The van der Waals surface area contributed by atoms with Gasteiger partial charge in [0.1, 0.15) is 16.5 Å². The summed E-state index contributed by atoms with van der Waals surface area (Å²) in [6.07, 6.45) is 1.06. The van der Waals surface area contributed by atoms with Crippen LogP contribution in [0.4, 0.5) is 8.78 Å². The molecule has 1 aromatic rings. The van der Waals surface area contributed by atoms with Crippen LogP contribution in [0.25, 0.3) is 0 Å². The molecule has 0 spiro atoms. The minimum absolute atomic E-state index is 0.181. The van der Waals surface area contributed by atoms with Crippen LogP contribution < -0.4 is 5.32 Å². The quantitative estimate of drug-likeness (QED) is 0.866. The maximum atomic E-state index is 13.4. The lowest BCUT2D eigenvalue weighted by Gasteiger charge is -2.10. The van der Waals surface area contributed by atoms with E-state index in [0.29, 0.717) is 12.8 Å². The zero-order valence-electron chi connectivity index (χ0n) is 10.4. The van der Waals surface area contributed by atoms with E-state index in [1.807, 2.05) is 6.92 Å². The smallest absolute Gasteiger partial charge is 0.181 e. The van der Waals surface area contributed by atoms with E-state index in [2.05, 4.69) is 5.32 Å². The van der Waals surface area contributed by atoms with E-state index in [1.54, 1.807) is 7.05 Å². The Hall–Kier alpha value is -1.01. The van der Waals surface area contributed by atoms with Crippen LogP contribution in [0.2, 0.25) is 0 Å². The molecule has 0 fully saturated rings. The molecule has 0 heterocycles. The Morgan fingerprint density at radius 3 is 2.61 bits per heavy atom. The van der Waals surface area contributed by atoms with Crippen molar-refractivity contribution in [1.29, 1.82) is 0 Å². The van der Waals surface area contributed by atoms with Crippen LogP contribution in [0.15, 0.2) is 23.1 Å². The molecular formula is C12H17F2NO2S. The third kappa shape index (κ3) is 4.03. The van der Waals surface area contributed by atoms with Crippen molar-refractivity contribution in [2.75, 3.05) is 12.8 Å². The molecule has 102 valence electrons. The molecule has 0 amide bonds. The first kappa shape index (κ1) is 15.0. The van der Waals surface area contributed by atoms with Gasteiger partial charge in [0.2, 0.25) is 0 Å². The third-order valence-electron chi connectivity index (χ3n) is 2.77. The summed E-state index contributed by atoms with van der Waals surface area (Å²) in [6, 6.07) is 2.65. The monoisotopic (exact) mass is 277 g/mol. The molecule has 1 N–H and O–H groups in total. The molecule has 1 atom stereocenters. The fourth-order valence-electron chi connectivity index (χ4n) is 1.55. The summed E-state index contributed by atoms with van der Waals surface area (Å²) in [5, 5.41) is 2.98. The Bertz CT molecular complexity index is 503. The van der Waals surface area contributed by atoms with Gasteiger partial charge in [-0.05, 0) is 45.0 Å². The van der Waals surface area contributed by atoms with Crippen molar-refractivity contribution in [3.05, 3.63) is 29.8 Å². The van der Waals surface area contributed by atoms with Crippen molar-refractivity contribution in [1.82, 2.24) is 5.32 Å². The van der Waals surface area contributed by atoms with Crippen molar-refractivity contribution in [3.63, 3.8) is 0 Å². The van der Waals surface area contributed by atoms with Crippen LogP contribution >= 0.6 is 0 Å².